The second kappa shape index (κ2) is 3.76. The summed E-state index contributed by atoms with van der Waals surface area (Å²) in [5.74, 6) is 5.61. The number of rotatable bonds is 1. The Morgan fingerprint density at radius 1 is 1.12 bits per heavy atom. The van der Waals surface area contributed by atoms with E-state index in [1.807, 2.05) is 13.8 Å². The van der Waals surface area contributed by atoms with Gasteiger partial charge >= 0.3 is 0 Å². The monoisotopic (exact) mass is 215 g/mol. The fourth-order valence-corrected chi connectivity index (χ4v) is 2.17. The minimum Gasteiger partial charge on any atom is -0.323 e. The highest BCUT2D eigenvalue weighted by Gasteiger charge is 2.10. The number of nitrogens with one attached hydrogen (secondary N) is 1. The molecule has 3 heteroatoms. The molecule has 0 aliphatic rings. The van der Waals surface area contributed by atoms with Crippen molar-refractivity contribution in [3.8, 4) is 0 Å². The Bertz CT molecular complexity index is 559. The van der Waals surface area contributed by atoms with E-state index in [0.717, 1.165) is 27.8 Å². The molecule has 3 N–H and O–H groups in total. The highest BCUT2D eigenvalue weighted by Crippen LogP contribution is 2.30. The van der Waals surface area contributed by atoms with E-state index in [0.29, 0.717) is 0 Å². The summed E-state index contributed by atoms with van der Waals surface area (Å²) in [7, 11) is 0. The first kappa shape index (κ1) is 10.9. The molecule has 0 atom stereocenters. The van der Waals surface area contributed by atoms with Gasteiger partial charge in [0.05, 0.1) is 11.2 Å². The zero-order valence-corrected chi connectivity index (χ0v) is 10.2. The largest absolute Gasteiger partial charge is 0.323 e. The van der Waals surface area contributed by atoms with Gasteiger partial charge in [0.25, 0.3) is 0 Å². The standard InChI is InChI=1S/C13H17N3/c1-7-5-8(2)12-11(6-7)15-10(4)9(3)13(12)16-14/h5-6H,14H2,1-4H3,(H,15,16). The molecule has 16 heavy (non-hydrogen) atoms. The van der Waals surface area contributed by atoms with Crippen LogP contribution in [0.25, 0.3) is 10.9 Å². The molecule has 0 unspecified atom stereocenters. The Labute approximate surface area is 95.7 Å². The van der Waals surface area contributed by atoms with Gasteiger partial charge in [0.1, 0.15) is 0 Å². The second-order valence-electron chi connectivity index (χ2n) is 4.32. The molecule has 1 aromatic heterocycles. The van der Waals surface area contributed by atoms with Gasteiger partial charge in [0.15, 0.2) is 0 Å². The number of hydrogen-bond donors (Lipinski definition) is 2. The van der Waals surface area contributed by atoms with Crippen LogP contribution in [-0.4, -0.2) is 4.98 Å². The van der Waals surface area contributed by atoms with Crippen molar-refractivity contribution in [1.29, 1.82) is 0 Å². The van der Waals surface area contributed by atoms with E-state index >= 15 is 0 Å². The van der Waals surface area contributed by atoms with Crippen molar-refractivity contribution in [1.82, 2.24) is 4.98 Å². The number of fused-ring (bicyclic) bond motifs is 1. The van der Waals surface area contributed by atoms with Crippen molar-refractivity contribution in [3.63, 3.8) is 0 Å². The number of aromatic nitrogens is 1. The van der Waals surface area contributed by atoms with Crippen LogP contribution < -0.4 is 11.3 Å². The molecule has 1 aromatic carbocycles. The van der Waals surface area contributed by atoms with Gasteiger partial charge in [0, 0.05) is 11.1 Å². The molecule has 0 spiro atoms. The number of anilines is 1. The summed E-state index contributed by atoms with van der Waals surface area (Å²) < 4.78 is 0. The fraction of sp³-hybridized carbons (Fsp3) is 0.308. The van der Waals surface area contributed by atoms with Crippen molar-refractivity contribution in [2.45, 2.75) is 27.7 Å². The summed E-state index contributed by atoms with van der Waals surface area (Å²) >= 11 is 0. The molecule has 0 bridgehead atoms. The maximum absolute atomic E-state index is 5.61. The first-order valence-corrected chi connectivity index (χ1v) is 5.39. The van der Waals surface area contributed by atoms with Crippen LogP contribution in [0.2, 0.25) is 0 Å². The maximum Gasteiger partial charge on any atom is 0.0731 e. The number of hydrazine groups is 1. The molecule has 1 heterocycles. The van der Waals surface area contributed by atoms with E-state index in [2.05, 4.69) is 36.4 Å². The third-order valence-electron chi connectivity index (χ3n) is 3.06. The van der Waals surface area contributed by atoms with E-state index in [1.165, 1.54) is 11.1 Å². The van der Waals surface area contributed by atoms with Gasteiger partial charge in [-0.3, -0.25) is 10.8 Å². The van der Waals surface area contributed by atoms with Crippen molar-refractivity contribution >= 4 is 16.6 Å². The van der Waals surface area contributed by atoms with Crippen LogP contribution in [-0.2, 0) is 0 Å². The average molecular weight is 215 g/mol. The Balaban J connectivity index is 2.96. The van der Waals surface area contributed by atoms with Crippen molar-refractivity contribution in [2.75, 3.05) is 5.43 Å². The summed E-state index contributed by atoms with van der Waals surface area (Å²) in [6, 6.07) is 4.25. The van der Waals surface area contributed by atoms with Crippen LogP contribution >= 0.6 is 0 Å². The fourth-order valence-electron chi connectivity index (χ4n) is 2.17. The van der Waals surface area contributed by atoms with Crippen LogP contribution in [0.15, 0.2) is 12.1 Å². The topological polar surface area (TPSA) is 50.9 Å². The molecule has 0 amide bonds. The molecule has 0 saturated heterocycles. The van der Waals surface area contributed by atoms with E-state index < -0.39 is 0 Å². The number of nitrogens with zero attached hydrogens (tertiary/aromatic N) is 1. The van der Waals surface area contributed by atoms with Gasteiger partial charge in [-0.05, 0) is 50.5 Å². The van der Waals surface area contributed by atoms with Crippen LogP contribution in [0, 0.1) is 27.7 Å². The van der Waals surface area contributed by atoms with Gasteiger partial charge in [-0.15, -0.1) is 0 Å². The molecule has 2 aromatic rings. The molecule has 84 valence electrons. The lowest BCUT2D eigenvalue weighted by molar-refractivity contribution is 1.17. The molecule has 0 aliphatic heterocycles. The molecule has 3 nitrogen and oxygen atoms in total. The van der Waals surface area contributed by atoms with Gasteiger partial charge < -0.3 is 5.43 Å². The lowest BCUT2D eigenvalue weighted by Gasteiger charge is -2.14. The normalized spacial score (nSPS) is 10.8. The van der Waals surface area contributed by atoms with Crippen LogP contribution in [0.5, 0.6) is 0 Å². The third kappa shape index (κ3) is 1.53. The Kier molecular flexibility index (Phi) is 2.56. The summed E-state index contributed by atoms with van der Waals surface area (Å²) in [4.78, 5) is 4.61. The van der Waals surface area contributed by atoms with E-state index in [1.54, 1.807) is 0 Å². The minimum atomic E-state index is 0.986. The van der Waals surface area contributed by atoms with Gasteiger partial charge in [0.2, 0.25) is 0 Å². The second-order valence-corrected chi connectivity index (χ2v) is 4.32. The third-order valence-corrected chi connectivity index (χ3v) is 3.06. The highest BCUT2D eigenvalue weighted by molar-refractivity contribution is 5.96. The Morgan fingerprint density at radius 2 is 1.81 bits per heavy atom. The minimum absolute atomic E-state index is 0.986. The molecule has 2 rings (SSSR count). The zero-order chi connectivity index (χ0) is 11.9. The number of benzene rings is 1. The van der Waals surface area contributed by atoms with Gasteiger partial charge in [-0.1, -0.05) is 6.07 Å². The maximum atomic E-state index is 5.61. The Hall–Kier alpha value is -1.61. The predicted molar refractivity (Wildman–Crippen MR) is 68.5 cm³/mol. The van der Waals surface area contributed by atoms with Crippen LogP contribution in [0.4, 0.5) is 5.69 Å². The van der Waals surface area contributed by atoms with E-state index in [-0.39, 0.29) is 0 Å². The summed E-state index contributed by atoms with van der Waals surface area (Å²) in [5, 5.41) is 1.12. The molecular formula is C13H17N3. The van der Waals surface area contributed by atoms with Crippen LogP contribution in [0.1, 0.15) is 22.4 Å². The van der Waals surface area contributed by atoms with Crippen molar-refractivity contribution in [3.05, 3.63) is 34.5 Å². The summed E-state index contributed by atoms with van der Waals surface area (Å²) in [5.41, 5.74) is 9.36. The van der Waals surface area contributed by atoms with E-state index in [9.17, 15) is 0 Å². The van der Waals surface area contributed by atoms with Crippen molar-refractivity contribution in [2.24, 2.45) is 5.84 Å². The molecular weight excluding hydrogens is 198 g/mol. The molecule has 0 radical (unpaired) electrons. The molecule has 0 aliphatic carbocycles. The number of hydrogen-bond acceptors (Lipinski definition) is 3. The average Bonchev–Trinajstić information content (AvgIpc) is 2.20. The van der Waals surface area contributed by atoms with Gasteiger partial charge in [-0.25, -0.2) is 0 Å². The predicted octanol–water partition coefficient (Wildman–Crippen LogP) is 2.75. The van der Waals surface area contributed by atoms with Crippen LogP contribution in [0.3, 0.4) is 0 Å². The van der Waals surface area contributed by atoms with E-state index in [4.69, 9.17) is 5.84 Å². The zero-order valence-electron chi connectivity index (χ0n) is 10.2. The quantitative estimate of drug-likeness (QED) is 0.568. The highest BCUT2D eigenvalue weighted by atomic mass is 15.2. The lowest BCUT2D eigenvalue weighted by Crippen LogP contribution is -2.11. The number of nitrogens with two attached hydrogens (primary N) is 1. The molecule has 0 saturated carbocycles. The number of aryl methyl sites for hydroxylation is 3. The number of nitrogen functional groups attached to an aromatic ring is 1. The SMILES string of the molecule is Cc1cc(C)c2c(NN)c(C)c(C)nc2c1. The Morgan fingerprint density at radius 3 is 2.44 bits per heavy atom. The molecule has 0 fully saturated rings. The smallest absolute Gasteiger partial charge is 0.0731 e. The summed E-state index contributed by atoms with van der Waals surface area (Å²) in [6.45, 7) is 8.22. The van der Waals surface area contributed by atoms with Crippen molar-refractivity contribution < 1.29 is 0 Å². The van der Waals surface area contributed by atoms with Gasteiger partial charge in [-0.2, -0.15) is 0 Å². The first-order valence-electron chi connectivity index (χ1n) is 5.39. The first-order chi connectivity index (χ1) is 7.54. The summed E-state index contributed by atoms with van der Waals surface area (Å²) in [6.07, 6.45) is 0. The lowest BCUT2D eigenvalue weighted by atomic mass is 10.0. The number of pyridine rings is 1.